The summed E-state index contributed by atoms with van der Waals surface area (Å²) in [6, 6.07) is 11.5. The molecule has 1 amide bonds. The van der Waals surface area contributed by atoms with Gasteiger partial charge in [-0.05, 0) is 42.5 Å². The van der Waals surface area contributed by atoms with Crippen molar-refractivity contribution in [3.63, 3.8) is 0 Å². The summed E-state index contributed by atoms with van der Waals surface area (Å²) in [4.78, 5) is 17.2. The van der Waals surface area contributed by atoms with Gasteiger partial charge in [0.25, 0.3) is 5.91 Å². The van der Waals surface area contributed by atoms with E-state index in [9.17, 15) is 9.90 Å². The quantitative estimate of drug-likeness (QED) is 0.765. The van der Waals surface area contributed by atoms with E-state index in [4.69, 9.17) is 0 Å². The van der Waals surface area contributed by atoms with Gasteiger partial charge in [-0.25, -0.2) is 0 Å². The number of aliphatic hydroxyl groups is 1. The van der Waals surface area contributed by atoms with Crippen molar-refractivity contribution in [2.75, 3.05) is 0 Å². The Morgan fingerprint density at radius 2 is 2.12 bits per heavy atom. The molecule has 1 atom stereocenters. The first-order valence-corrected chi connectivity index (χ1v) is 8.43. The number of carbonyl (C=O) groups is 1. The lowest BCUT2D eigenvalue weighted by molar-refractivity contribution is 0.0234. The zero-order valence-electron chi connectivity index (χ0n) is 14.0. The molecule has 0 bridgehead atoms. The van der Waals surface area contributed by atoms with Crippen LogP contribution in [0.4, 0.5) is 0 Å². The Kier molecular flexibility index (Phi) is 3.97. The molecule has 1 aliphatic rings. The van der Waals surface area contributed by atoms with Crippen molar-refractivity contribution < 1.29 is 9.90 Å². The molecule has 1 saturated carbocycles. The molecular formula is C19H20N4O2. The molecule has 0 spiro atoms. The summed E-state index contributed by atoms with van der Waals surface area (Å²) in [5, 5.41) is 17.9. The monoisotopic (exact) mass is 336 g/mol. The van der Waals surface area contributed by atoms with E-state index in [-0.39, 0.29) is 24.0 Å². The van der Waals surface area contributed by atoms with Gasteiger partial charge < -0.3 is 10.4 Å². The van der Waals surface area contributed by atoms with Gasteiger partial charge in [0.2, 0.25) is 0 Å². The summed E-state index contributed by atoms with van der Waals surface area (Å²) >= 11 is 0. The van der Waals surface area contributed by atoms with Gasteiger partial charge >= 0.3 is 0 Å². The SMILES string of the molecule is Cn1nccc1C(=O)NC(c1cnc2ccccc2c1)C1CC(O)C1. The van der Waals surface area contributed by atoms with E-state index in [2.05, 4.69) is 21.5 Å². The molecular weight excluding hydrogens is 316 g/mol. The van der Waals surface area contributed by atoms with E-state index in [1.165, 1.54) is 0 Å². The molecule has 1 aromatic carbocycles. The molecule has 2 aromatic heterocycles. The summed E-state index contributed by atoms with van der Waals surface area (Å²) < 4.78 is 1.56. The zero-order chi connectivity index (χ0) is 17.4. The van der Waals surface area contributed by atoms with Crippen molar-refractivity contribution in [3.8, 4) is 0 Å². The van der Waals surface area contributed by atoms with Crippen molar-refractivity contribution in [2.24, 2.45) is 13.0 Å². The van der Waals surface area contributed by atoms with Crippen molar-refractivity contribution in [2.45, 2.75) is 25.0 Å². The van der Waals surface area contributed by atoms with Crippen LogP contribution in [-0.2, 0) is 7.05 Å². The lowest BCUT2D eigenvalue weighted by atomic mass is 9.75. The number of aliphatic hydroxyl groups excluding tert-OH is 1. The number of aromatic nitrogens is 3. The number of para-hydroxylation sites is 1. The maximum atomic E-state index is 12.6. The smallest absolute Gasteiger partial charge is 0.270 e. The number of hydrogen-bond donors (Lipinski definition) is 2. The molecule has 25 heavy (non-hydrogen) atoms. The molecule has 2 heterocycles. The van der Waals surface area contributed by atoms with E-state index in [0.29, 0.717) is 18.5 Å². The summed E-state index contributed by atoms with van der Waals surface area (Å²) in [6.45, 7) is 0. The molecule has 1 fully saturated rings. The van der Waals surface area contributed by atoms with Gasteiger partial charge in [0, 0.05) is 24.8 Å². The van der Waals surface area contributed by atoms with E-state index in [0.717, 1.165) is 16.5 Å². The molecule has 0 radical (unpaired) electrons. The molecule has 0 aliphatic heterocycles. The van der Waals surface area contributed by atoms with Crippen molar-refractivity contribution >= 4 is 16.8 Å². The summed E-state index contributed by atoms with van der Waals surface area (Å²) in [5.41, 5.74) is 2.40. The predicted octanol–water partition coefficient (Wildman–Crippen LogP) is 2.21. The lowest BCUT2D eigenvalue weighted by Crippen LogP contribution is -2.41. The predicted molar refractivity (Wildman–Crippen MR) is 93.9 cm³/mol. The van der Waals surface area contributed by atoms with Crippen LogP contribution in [-0.4, -0.2) is 31.9 Å². The van der Waals surface area contributed by atoms with E-state index < -0.39 is 0 Å². The molecule has 6 nitrogen and oxygen atoms in total. The van der Waals surface area contributed by atoms with Crippen LogP contribution in [0.3, 0.4) is 0 Å². The van der Waals surface area contributed by atoms with Gasteiger partial charge in [-0.1, -0.05) is 18.2 Å². The maximum absolute atomic E-state index is 12.6. The number of carbonyl (C=O) groups excluding carboxylic acids is 1. The topological polar surface area (TPSA) is 80.0 Å². The Balaban J connectivity index is 1.65. The van der Waals surface area contributed by atoms with Crippen LogP contribution in [0.25, 0.3) is 10.9 Å². The number of nitrogens with zero attached hydrogens (tertiary/aromatic N) is 3. The number of pyridine rings is 1. The largest absolute Gasteiger partial charge is 0.393 e. The first-order valence-electron chi connectivity index (χ1n) is 8.43. The van der Waals surface area contributed by atoms with Crippen LogP contribution in [0.5, 0.6) is 0 Å². The third-order valence-corrected chi connectivity index (χ3v) is 4.93. The minimum absolute atomic E-state index is 0.167. The van der Waals surface area contributed by atoms with Gasteiger partial charge in [-0.2, -0.15) is 5.10 Å². The number of fused-ring (bicyclic) bond motifs is 1. The van der Waals surface area contributed by atoms with Crippen molar-refractivity contribution in [1.82, 2.24) is 20.1 Å². The number of aryl methyl sites for hydroxylation is 1. The molecule has 0 saturated heterocycles. The van der Waals surface area contributed by atoms with Crippen molar-refractivity contribution in [3.05, 3.63) is 60.0 Å². The molecule has 1 aliphatic carbocycles. The molecule has 6 heteroatoms. The van der Waals surface area contributed by atoms with Gasteiger partial charge in [0.1, 0.15) is 5.69 Å². The highest BCUT2D eigenvalue weighted by atomic mass is 16.3. The lowest BCUT2D eigenvalue weighted by Gasteiger charge is -2.38. The highest BCUT2D eigenvalue weighted by Gasteiger charge is 2.36. The second-order valence-corrected chi connectivity index (χ2v) is 6.64. The molecule has 128 valence electrons. The van der Waals surface area contributed by atoms with Gasteiger partial charge in [0.05, 0.1) is 17.7 Å². The molecule has 3 aromatic rings. The number of nitrogens with one attached hydrogen (secondary N) is 1. The van der Waals surface area contributed by atoms with Gasteiger partial charge in [-0.3, -0.25) is 14.5 Å². The fourth-order valence-corrected chi connectivity index (χ4v) is 3.45. The van der Waals surface area contributed by atoms with E-state index >= 15 is 0 Å². The summed E-state index contributed by atoms with van der Waals surface area (Å²) in [6.07, 6.45) is 4.51. The summed E-state index contributed by atoms with van der Waals surface area (Å²) in [7, 11) is 1.74. The molecule has 1 unspecified atom stereocenters. The first kappa shape index (κ1) is 15.8. The number of rotatable bonds is 4. The summed E-state index contributed by atoms with van der Waals surface area (Å²) in [5.74, 6) is 0.0367. The zero-order valence-corrected chi connectivity index (χ0v) is 14.0. The van der Waals surface area contributed by atoms with Crippen LogP contribution >= 0.6 is 0 Å². The Bertz CT molecular complexity index is 914. The fraction of sp³-hybridized carbons (Fsp3) is 0.316. The van der Waals surface area contributed by atoms with Crippen molar-refractivity contribution in [1.29, 1.82) is 0 Å². The average Bonchev–Trinajstić information content (AvgIpc) is 3.03. The number of amides is 1. The van der Waals surface area contributed by atoms with E-state index in [1.54, 1.807) is 24.0 Å². The Morgan fingerprint density at radius 3 is 2.84 bits per heavy atom. The molecule has 4 rings (SSSR count). The van der Waals surface area contributed by atoms with Crippen LogP contribution < -0.4 is 5.32 Å². The fourth-order valence-electron chi connectivity index (χ4n) is 3.45. The van der Waals surface area contributed by atoms with Crippen LogP contribution in [0.1, 0.15) is 34.9 Å². The minimum atomic E-state index is -0.283. The maximum Gasteiger partial charge on any atom is 0.270 e. The Hall–Kier alpha value is -2.73. The normalized spacial score (nSPS) is 20.9. The second-order valence-electron chi connectivity index (χ2n) is 6.64. The average molecular weight is 336 g/mol. The van der Waals surface area contributed by atoms with E-state index in [1.807, 2.05) is 30.5 Å². The Morgan fingerprint density at radius 1 is 1.32 bits per heavy atom. The minimum Gasteiger partial charge on any atom is -0.393 e. The van der Waals surface area contributed by atoms with Crippen LogP contribution in [0.15, 0.2) is 48.8 Å². The third-order valence-electron chi connectivity index (χ3n) is 4.93. The molecule has 2 N–H and O–H groups in total. The highest BCUT2D eigenvalue weighted by Crippen LogP contribution is 2.38. The van der Waals surface area contributed by atoms with Gasteiger partial charge in [-0.15, -0.1) is 0 Å². The number of benzene rings is 1. The first-order chi connectivity index (χ1) is 12.1. The standard InChI is InChI=1S/C19H20N4O2/c1-23-17(6-7-21-23)19(25)22-18(13-9-15(24)10-13)14-8-12-4-2-3-5-16(12)20-11-14/h2-8,11,13,15,18,24H,9-10H2,1H3,(H,22,25). The third kappa shape index (κ3) is 3.00. The van der Waals surface area contributed by atoms with Crippen LogP contribution in [0.2, 0.25) is 0 Å². The second kappa shape index (κ2) is 6.29. The van der Waals surface area contributed by atoms with Gasteiger partial charge in [0.15, 0.2) is 0 Å². The highest BCUT2D eigenvalue weighted by molar-refractivity contribution is 5.92. The number of hydrogen-bond acceptors (Lipinski definition) is 4. The van der Waals surface area contributed by atoms with Crippen LogP contribution in [0, 0.1) is 5.92 Å². The Labute approximate surface area is 145 Å².